The summed E-state index contributed by atoms with van der Waals surface area (Å²) in [6.45, 7) is 5.14. The summed E-state index contributed by atoms with van der Waals surface area (Å²) in [5.41, 5.74) is 1.79. The van der Waals surface area contributed by atoms with Crippen molar-refractivity contribution >= 4 is 70.3 Å². The predicted octanol–water partition coefficient (Wildman–Crippen LogP) is 2.88. The number of carbonyl (C=O) groups is 5. The number of anilines is 1. The minimum atomic E-state index is -1.20. The molecule has 1 unspecified atom stereocenters. The Labute approximate surface area is 248 Å². The molecule has 3 N–H and O–H groups in total. The number of fused-ring (bicyclic) bond motifs is 1. The highest BCUT2D eigenvalue weighted by Gasteiger charge is 2.54. The number of hydrogen-bond acceptors (Lipinski definition) is 10. The summed E-state index contributed by atoms with van der Waals surface area (Å²) in [5, 5.41) is 23.5. The van der Waals surface area contributed by atoms with Gasteiger partial charge in [0.2, 0.25) is 5.91 Å². The Balaban J connectivity index is 1.40. The number of benzene rings is 1. The summed E-state index contributed by atoms with van der Waals surface area (Å²) >= 11 is 4.17. The number of nitrogens with one attached hydrogen (secondary N) is 2. The van der Waals surface area contributed by atoms with Crippen molar-refractivity contribution in [3.05, 3.63) is 57.8 Å². The molecular formula is C26H28N6O6S3. The number of aliphatic carboxylic acids is 1. The van der Waals surface area contributed by atoms with Crippen LogP contribution in [0, 0.1) is 6.92 Å². The van der Waals surface area contributed by atoms with Gasteiger partial charge in [-0.1, -0.05) is 47.4 Å². The molecule has 12 nitrogen and oxygen atoms in total. The number of likely N-dealkylation sites (N-methyl/N-ethyl adjacent to an activating group) is 1. The van der Waals surface area contributed by atoms with Crippen LogP contribution in [0.3, 0.4) is 0 Å². The summed E-state index contributed by atoms with van der Waals surface area (Å²) in [7, 11) is 1.36. The number of carboxylic acid groups (broad SMARTS) is 1. The molecule has 2 aliphatic rings. The van der Waals surface area contributed by atoms with Gasteiger partial charge < -0.3 is 15.7 Å². The van der Waals surface area contributed by atoms with Gasteiger partial charge in [0.15, 0.2) is 4.34 Å². The third-order valence-corrected chi connectivity index (χ3v) is 9.83. The number of para-hydroxylation sites is 1. The molecule has 5 amide bonds. The second-order valence-electron chi connectivity index (χ2n) is 9.19. The summed E-state index contributed by atoms with van der Waals surface area (Å²) in [4.78, 5) is 65.2. The van der Waals surface area contributed by atoms with Gasteiger partial charge in [-0.3, -0.25) is 24.2 Å². The number of thioether (sulfide) groups is 2. The maximum Gasteiger partial charge on any atom is 0.352 e. The number of imide groups is 1. The van der Waals surface area contributed by atoms with Crippen LogP contribution in [0.4, 0.5) is 10.5 Å². The molecule has 2 aromatic rings. The van der Waals surface area contributed by atoms with Crippen LogP contribution in [-0.4, -0.2) is 84.8 Å². The molecule has 3 heterocycles. The molecular weight excluding hydrogens is 589 g/mol. The van der Waals surface area contributed by atoms with E-state index in [-0.39, 0.29) is 12.1 Å². The van der Waals surface area contributed by atoms with E-state index in [1.165, 1.54) is 46.8 Å². The van der Waals surface area contributed by atoms with Gasteiger partial charge in [-0.05, 0) is 38.0 Å². The van der Waals surface area contributed by atoms with E-state index in [1.54, 1.807) is 44.2 Å². The standard InChI is InChI=1S/C26H28N6O6S3/c1-5-13(2)21(34)31(4)25(38)27-17-9-7-6-8-15(17)10-18(33)28-19-22(35)32-20(24(36)37)16(11-39-23(19)32)12-40-26-30-29-14(3)41-26/h5-9,19,23H,10-12H2,1-4H3,(H,27,38)(H,28,33)(H,36,37)/b13-5+/t19?,23-/m1/s1. The lowest BCUT2D eigenvalue weighted by molar-refractivity contribution is -0.150. The lowest BCUT2D eigenvalue weighted by atomic mass is 10.0. The number of hydrogen-bond donors (Lipinski definition) is 3. The van der Waals surface area contributed by atoms with Gasteiger partial charge in [0.1, 0.15) is 22.1 Å². The smallest absolute Gasteiger partial charge is 0.352 e. The van der Waals surface area contributed by atoms with E-state index in [0.717, 1.165) is 14.2 Å². The van der Waals surface area contributed by atoms with E-state index in [0.29, 0.717) is 33.9 Å². The van der Waals surface area contributed by atoms with Gasteiger partial charge >= 0.3 is 12.0 Å². The fourth-order valence-corrected chi connectivity index (χ4v) is 7.45. The maximum atomic E-state index is 13.0. The fourth-order valence-electron chi connectivity index (χ4n) is 4.15. The molecule has 15 heteroatoms. The van der Waals surface area contributed by atoms with Crippen LogP contribution in [0.2, 0.25) is 0 Å². The average molecular weight is 617 g/mol. The number of rotatable bonds is 9. The van der Waals surface area contributed by atoms with Gasteiger partial charge in [0.05, 0.1) is 6.42 Å². The highest BCUT2D eigenvalue weighted by molar-refractivity contribution is 8.01. The third kappa shape index (κ3) is 6.63. The number of aryl methyl sites for hydroxylation is 1. The second kappa shape index (κ2) is 12.9. The Kier molecular flexibility index (Phi) is 9.50. The second-order valence-corrected chi connectivity index (χ2v) is 12.7. The Hall–Kier alpha value is -3.69. The molecule has 1 saturated heterocycles. The van der Waals surface area contributed by atoms with Crippen LogP contribution in [0.25, 0.3) is 0 Å². The van der Waals surface area contributed by atoms with Gasteiger partial charge in [-0.15, -0.1) is 22.0 Å². The molecule has 1 fully saturated rings. The van der Waals surface area contributed by atoms with E-state index >= 15 is 0 Å². The Morgan fingerprint density at radius 1 is 1.24 bits per heavy atom. The molecule has 4 rings (SSSR count). The zero-order valence-electron chi connectivity index (χ0n) is 22.7. The zero-order chi connectivity index (χ0) is 29.8. The van der Waals surface area contributed by atoms with Crippen molar-refractivity contribution < 1.29 is 29.1 Å². The zero-order valence-corrected chi connectivity index (χ0v) is 25.1. The van der Waals surface area contributed by atoms with E-state index in [9.17, 15) is 29.1 Å². The number of amides is 5. The molecule has 2 atom stereocenters. The van der Waals surface area contributed by atoms with Crippen molar-refractivity contribution in [1.29, 1.82) is 0 Å². The SMILES string of the molecule is C/C=C(\C)C(=O)N(C)C(=O)Nc1ccccc1CC(=O)NC1C(=O)N2C(C(=O)O)=C(CSc3nnc(C)s3)CS[C@H]12. The van der Waals surface area contributed by atoms with Crippen molar-refractivity contribution in [3.63, 3.8) is 0 Å². The maximum absolute atomic E-state index is 13.0. The molecule has 0 aliphatic carbocycles. The summed E-state index contributed by atoms with van der Waals surface area (Å²) in [6, 6.07) is 5.13. The number of aromatic nitrogens is 2. The Morgan fingerprint density at radius 3 is 2.63 bits per heavy atom. The summed E-state index contributed by atoms with van der Waals surface area (Å²) < 4.78 is 0.717. The van der Waals surface area contributed by atoms with Crippen molar-refractivity contribution in [2.45, 2.75) is 42.9 Å². The fraction of sp³-hybridized carbons (Fsp3) is 0.346. The van der Waals surface area contributed by atoms with Gasteiger partial charge in [-0.2, -0.15) is 0 Å². The number of carboxylic acids is 1. The average Bonchev–Trinajstić information content (AvgIpc) is 3.38. The monoisotopic (exact) mass is 616 g/mol. The van der Waals surface area contributed by atoms with E-state index in [2.05, 4.69) is 20.8 Å². The quantitative estimate of drug-likeness (QED) is 0.217. The van der Waals surface area contributed by atoms with E-state index < -0.39 is 41.1 Å². The molecule has 2 aliphatic heterocycles. The number of urea groups is 1. The number of allylic oxidation sites excluding steroid dienone is 1. The van der Waals surface area contributed by atoms with Crippen LogP contribution < -0.4 is 10.6 Å². The Morgan fingerprint density at radius 2 is 1.98 bits per heavy atom. The first-order chi connectivity index (χ1) is 19.5. The number of nitrogens with zero attached hydrogens (tertiary/aromatic N) is 4. The molecule has 1 aromatic carbocycles. The topological polar surface area (TPSA) is 162 Å². The van der Waals surface area contributed by atoms with E-state index in [1.807, 2.05) is 6.92 Å². The van der Waals surface area contributed by atoms with Gasteiger partial charge in [0.25, 0.3) is 11.8 Å². The summed E-state index contributed by atoms with van der Waals surface area (Å²) in [5.74, 6) is -1.87. The minimum absolute atomic E-state index is 0.0575. The summed E-state index contributed by atoms with van der Waals surface area (Å²) in [6.07, 6.45) is 1.46. The minimum Gasteiger partial charge on any atom is -0.477 e. The number of β-lactam (4-membered cyclic amide) rings is 1. The predicted molar refractivity (Wildman–Crippen MR) is 156 cm³/mol. The van der Waals surface area contributed by atoms with Gasteiger partial charge in [0, 0.05) is 29.8 Å². The first-order valence-corrected chi connectivity index (χ1v) is 15.3. The largest absolute Gasteiger partial charge is 0.477 e. The molecule has 1 aromatic heterocycles. The number of carbonyl (C=O) groups excluding carboxylic acids is 4. The first-order valence-electron chi connectivity index (χ1n) is 12.4. The normalized spacial score (nSPS) is 18.4. The van der Waals surface area contributed by atoms with Crippen LogP contribution in [0.5, 0.6) is 0 Å². The van der Waals surface area contributed by atoms with E-state index in [4.69, 9.17) is 0 Å². The van der Waals surface area contributed by atoms with Crippen LogP contribution in [-0.2, 0) is 25.6 Å². The Bertz CT molecular complexity index is 1470. The van der Waals surface area contributed by atoms with Crippen molar-refractivity contribution in [2.24, 2.45) is 0 Å². The van der Waals surface area contributed by atoms with Crippen LogP contribution in [0.15, 0.2) is 51.5 Å². The highest BCUT2D eigenvalue weighted by Crippen LogP contribution is 2.41. The molecule has 0 bridgehead atoms. The molecule has 216 valence electrons. The third-order valence-electron chi connectivity index (χ3n) is 6.43. The van der Waals surface area contributed by atoms with Crippen molar-refractivity contribution in [2.75, 3.05) is 23.9 Å². The van der Waals surface area contributed by atoms with Crippen LogP contribution in [0.1, 0.15) is 24.4 Å². The molecule has 0 radical (unpaired) electrons. The lowest BCUT2D eigenvalue weighted by Gasteiger charge is -2.49. The lowest BCUT2D eigenvalue weighted by Crippen LogP contribution is -2.70. The van der Waals surface area contributed by atoms with Crippen molar-refractivity contribution in [3.8, 4) is 0 Å². The molecule has 41 heavy (non-hydrogen) atoms. The highest BCUT2D eigenvalue weighted by atomic mass is 32.2. The molecule has 0 spiro atoms. The first kappa shape index (κ1) is 30.3. The van der Waals surface area contributed by atoms with Gasteiger partial charge in [-0.25, -0.2) is 9.59 Å². The molecule has 0 saturated carbocycles. The van der Waals surface area contributed by atoms with Crippen LogP contribution >= 0.6 is 34.9 Å². The van der Waals surface area contributed by atoms with Crippen molar-refractivity contribution in [1.82, 2.24) is 25.3 Å².